The molecule has 2 rings (SSSR count). The number of hydrogen-bond acceptors (Lipinski definition) is 2. The molecule has 3 N–H and O–H groups in total. The molecular weight excluding hydrogens is 224 g/mol. The minimum absolute atomic E-state index is 0.166. The van der Waals surface area contributed by atoms with Gasteiger partial charge in [0.25, 0.3) is 0 Å². The second kappa shape index (κ2) is 6.05. The Bertz CT molecular complexity index is 278. The van der Waals surface area contributed by atoms with E-state index in [0.29, 0.717) is 18.4 Å². The molecule has 2 saturated carbocycles. The van der Waals surface area contributed by atoms with Crippen LogP contribution in [0, 0.1) is 5.92 Å². The molecule has 0 radical (unpaired) electrons. The van der Waals surface area contributed by atoms with E-state index in [1.54, 1.807) is 0 Å². The predicted molar refractivity (Wildman–Crippen MR) is 74.2 cm³/mol. The SMILES string of the molecule is CC(NC(=O)CC1(N)CCCCC1)C1CCCC1. The topological polar surface area (TPSA) is 55.1 Å². The highest BCUT2D eigenvalue weighted by molar-refractivity contribution is 5.77. The molecule has 1 unspecified atom stereocenters. The smallest absolute Gasteiger partial charge is 0.222 e. The summed E-state index contributed by atoms with van der Waals surface area (Å²) in [6.45, 7) is 2.15. The van der Waals surface area contributed by atoms with E-state index in [-0.39, 0.29) is 11.4 Å². The van der Waals surface area contributed by atoms with E-state index >= 15 is 0 Å². The lowest BCUT2D eigenvalue weighted by atomic mass is 9.80. The van der Waals surface area contributed by atoms with Gasteiger partial charge in [0.05, 0.1) is 0 Å². The molecule has 0 aromatic carbocycles. The van der Waals surface area contributed by atoms with Gasteiger partial charge in [0, 0.05) is 18.0 Å². The van der Waals surface area contributed by atoms with Gasteiger partial charge in [-0.3, -0.25) is 4.79 Å². The van der Waals surface area contributed by atoms with E-state index < -0.39 is 0 Å². The van der Waals surface area contributed by atoms with Crippen molar-refractivity contribution in [3.05, 3.63) is 0 Å². The van der Waals surface area contributed by atoms with Gasteiger partial charge >= 0.3 is 0 Å². The van der Waals surface area contributed by atoms with Gasteiger partial charge in [-0.25, -0.2) is 0 Å². The fraction of sp³-hybridized carbons (Fsp3) is 0.933. The van der Waals surface area contributed by atoms with Crippen LogP contribution in [0.5, 0.6) is 0 Å². The maximum Gasteiger partial charge on any atom is 0.222 e. The zero-order chi connectivity index (χ0) is 13.0. The van der Waals surface area contributed by atoms with E-state index in [4.69, 9.17) is 5.73 Å². The first kappa shape index (κ1) is 13.9. The number of nitrogens with one attached hydrogen (secondary N) is 1. The van der Waals surface area contributed by atoms with Crippen LogP contribution in [0.15, 0.2) is 0 Å². The standard InChI is InChI=1S/C15H28N2O/c1-12(13-7-3-4-8-13)17-14(18)11-15(16)9-5-2-6-10-15/h12-13H,2-11,16H2,1H3,(H,17,18). The highest BCUT2D eigenvalue weighted by Gasteiger charge is 2.31. The lowest BCUT2D eigenvalue weighted by Crippen LogP contribution is -2.48. The van der Waals surface area contributed by atoms with Gasteiger partial charge in [-0.15, -0.1) is 0 Å². The van der Waals surface area contributed by atoms with Crippen LogP contribution < -0.4 is 11.1 Å². The molecule has 0 heterocycles. The molecule has 0 spiro atoms. The summed E-state index contributed by atoms with van der Waals surface area (Å²) in [5, 5.41) is 3.18. The molecule has 0 aromatic heterocycles. The monoisotopic (exact) mass is 252 g/mol. The summed E-state index contributed by atoms with van der Waals surface area (Å²) in [6.07, 6.45) is 11.4. The third-order valence-corrected chi connectivity index (χ3v) is 4.86. The molecule has 2 fully saturated rings. The van der Waals surface area contributed by atoms with Crippen molar-refractivity contribution in [3.8, 4) is 0 Å². The zero-order valence-electron chi connectivity index (χ0n) is 11.7. The Balaban J connectivity index is 1.76. The van der Waals surface area contributed by atoms with Crippen LogP contribution in [0.25, 0.3) is 0 Å². The van der Waals surface area contributed by atoms with Gasteiger partial charge < -0.3 is 11.1 Å². The minimum atomic E-state index is -0.224. The van der Waals surface area contributed by atoms with Gasteiger partial charge in [-0.1, -0.05) is 32.1 Å². The third-order valence-electron chi connectivity index (χ3n) is 4.86. The number of hydrogen-bond donors (Lipinski definition) is 2. The molecule has 1 atom stereocenters. The van der Waals surface area contributed by atoms with Crippen molar-refractivity contribution in [1.82, 2.24) is 5.32 Å². The van der Waals surface area contributed by atoms with Crippen LogP contribution in [-0.4, -0.2) is 17.5 Å². The number of carbonyl (C=O) groups is 1. The van der Waals surface area contributed by atoms with E-state index in [1.165, 1.54) is 44.9 Å². The molecular formula is C15H28N2O. The first-order valence-corrected chi connectivity index (χ1v) is 7.67. The maximum atomic E-state index is 12.1. The van der Waals surface area contributed by atoms with Gasteiger partial charge in [-0.2, -0.15) is 0 Å². The summed E-state index contributed by atoms with van der Waals surface area (Å²) < 4.78 is 0. The fourth-order valence-corrected chi connectivity index (χ4v) is 3.63. The molecule has 18 heavy (non-hydrogen) atoms. The van der Waals surface area contributed by atoms with E-state index in [2.05, 4.69) is 12.2 Å². The van der Waals surface area contributed by atoms with Crippen LogP contribution in [0.4, 0.5) is 0 Å². The third kappa shape index (κ3) is 3.71. The Morgan fingerprint density at radius 1 is 1.22 bits per heavy atom. The molecule has 2 aliphatic rings. The lowest BCUT2D eigenvalue weighted by Gasteiger charge is -2.33. The molecule has 0 bridgehead atoms. The average molecular weight is 252 g/mol. The fourth-order valence-electron chi connectivity index (χ4n) is 3.63. The molecule has 3 heteroatoms. The van der Waals surface area contributed by atoms with Crippen molar-refractivity contribution in [3.63, 3.8) is 0 Å². The number of amides is 1. The summed E-state index contributed by atoms with van der Waals surface area (Å²) in [5.74, 6) is 0.854. The number of nitrogens with two attached hydrogens (primary N) is 1. The Morgan fingerprint density at radius 2 is 1.83 bits per heavy atom. The minimum Gasteiger partial charge on any atom is -0.353 e. The van der Waals surface area contributed by atoms with E-state index in [9.17, 15) is 4.79 Å². The van der Waals surface area contributed by atoms with Gasteiger partial charge in [0.2, 0.25) is 5.91 Å². The van der Waals surface area contributed by atoms with Crippen molar-refractivity contribution in [2.45, 2.75) is 82.7 Å². The number of rotatable bonds is 4. The molecule has 3 nitrogen and oxygen atoms in total. The van der Waals surface area contributed by atoms with Crippen molar-refractivity contribution in [2.24, 2.45) is 11.7 Å². The Morgan fingerprint density at radius 3 is 2.44 bits per heavy atom. The Hall–Kier alpha value is -0.570. The summed E-state index contributed by atoms with van der Waals surface area (Å²) in [5.41, 5.74) is 6.10. The zero-order valence-corrected chi connectivity index (χ0v) is 11.7. The largest absolute Gasteiger partial charge is 0.353 e. The van der Waals surface area contributed by atoms with Gasteiger partial charge in [0.1, 0.15) is 0 Å². The van der Waals surface area contributed by atoms with E-state index in [0.717, 1.165) is 12.8 Å². The van der Waals surface area contributed by atoms with Crippen LogP contribution in [0.3, 0.4) is 0 Å². The maximum absolute atomic E-state index is 12.1. The van der Waals surface area contributed by atoms with Crippen LogP contribution >= 0.6 is 0 Å². The molecule has 0 aromatic rings. The second-order valence-electron chi connectivity index (χ2n) is 6.50. The van der Waals surface area contributed by atoms with Crippen molar-refractivity contribution in [2.75, 3.05) is 0 Å². The molecule has 2 aliphatic carbocycles. The van der Waals surface area contributed by atoms with Gasteiger partial charge in [-0.05, 0) is 38.5 Å². The highest BCUT2D eigenvalue weighted by Crippen LogP contribution is 2.30. The van der Waals surface area contributed by atoms with Crippen molar-refractivity contribution < 1.29 is 4.79 Å². The van der Waals surface area contributed by atoms with E-state index in [1.807, 2.05) is 0 Å². The molecule has 0 aliphatic heterocycles. The van der Waals surface area contributed by atoms with Crippen LogP contribution in [0.1, 0.15) is 71.1 Å². The summed E-state index contributed by atoms with van der Waals surface area (Å²) in [6, 6.07) is 0.326. The van der Waals surface area contributed by atoms with Crippen molar-refractivity contribution in [1.29, 1.82) is 0 Å². The molecule has 104 valence electrons. The average Bonchev–Trinajstić information content (AvgIpc) is 2.82. The summed E-state index contributed by atoms with van der Waals surface area (Å²) >= 11 is 0. The molecule has 1 amide bonds. The predicted octanol–water partition coefficient (Wildman–Crippen LogP) is 2.73. The van der Waals surface area contributed by atoms with Gasteiger partial charge in [0.15, 0.2) is 0 Å². The lowest BCUT2D eigenvalue weighted by molar-refractivity contribution is -0.123. The van der Waals surface area contributed by atoms with Crippen LogP contribution in [-0.2, 0) is 4.79 Å². The first-order chi connectivity index (χ1) is 8.59. The second-order valence-corrected chi connectivity index (χ2v) is 6.50. The Labute approximate surface area is 111 Å². The quantitative estimate of drug-likeness (QED) is 0.808. The number of carbonyl (C=O) groups excluding carboxylic acids is 1. The first-order valence-electron chi connectivity index (χ1n) is 7.67. The van der Waals surface area contributed by atoms with Crippen molar-refractivity contribution >= 4 is 5.91 Å². The normalized spacial score (nSPS) is 25.9. The van der Waals surface area contributed by atoms with Crippen LogP contribution in [0.2, 0.25) is 0 Å². The molecule has 0 saturated heterocycles. The summed E-state index contributed by atoms with van der Waals surface area (Å²) in [7, 11) is 0. The Kier molecular flexibility index (Phi) is 4.66. The highest BCUT2D eigenvalue weighted by atomic mass is 16.1. The summed E-state index contributed by atoms with van der Waals surface area (Å²) in [4.78, 5) is 12.1.